The third-order valence-electron chi connectivity index (χ3n) is 11.0. The van der Waals surface area contributed by atoms with E-state index in [9.17, 15) is 0 Å². The predicted molar refractivity (Wildman–Crippen MR) is 206 cm³/mol. The van der Waals surface area contributed by atoms with E-state index in [1.807, 2.05) is 0 Å². The van der Waals surface area contributed by atoms with Crippen LogP contribution < -0.4 is 0 Å². The molecule has 0 bridgehead atoms. The molecule has 0 saturated carbocycles. The molecule has 2 heteroatoms. The molecule has 1 aromatic heterocycles. The zero-order valence-electron chi connectivity index (χ0n) is 28.1. The minimum absolute atomic E-state index is 0.459. The maximum Gasteiger partial charge on any atom is 0.161 e. The predicted octanol–water partition coefficient (Wildman–Crippen LogP) is 11.7. The van der Waals surface area contributed by atoms with E-state index in [4.69, 9.17) is 9.97 Å². The molecule has 0 radical (unpaired) electrons. The number of nitrogens with zero attached hydrogens (tertiary/aromatic N) is 2. The first kappa shape index (κ1) is 28.9. The number of hydrogen-bond acceptors (Lipinski definition) is 2. The van der Waals surface area contributed by atoms with E-state index >= 15 is 0 Å². The summed E-state index contributed by atoms with van der Waals surface area (Å²) in [5.74, 6) is 0.739. The highest BCUT2D eigenvalue weighted by atomic mass is 14.9. The van der Waals surface area contributed by atoms with Gasteiger partial charge in [0.25, 0.3) is 0 Å². The first-order valence-corrected chi connectivity index (χ1v) is 17.5. The van der Waals surface area contributed by atoms with E-state index in [1.165, 1.54) is 66.8 Å². The number of fused-ring (bicyclic) bond motifs is 12. The molecule has 10 rings (SSSR count). The Balaban J connectivity index is 1.29. The van der Waals surface area contributed by atoms with Crippen LogP contribution in [0.3, 0.4) is 0 Å². The average molecular weight is 639 g/mol. The van der Waals surface area contributed by atoms with Crippen LogP contribution in [-0.4, -0.2) is 9.97 Å². The molecular formula is C48H34N2. The number of allylic oxidation sites excluding steroid dienone is 4. The summed E-state index contributed by atoms with van der Waals surface area (Å²) in [6.45, 7) is 4.41. The van der Waals surface area contributed by atoms with E-state index < -0.39 is 5.41 Å². The van der Waals surface area contributed by atoms with Crippen molar-refractivity contribution >= 4 is 5.57 Å². The topological polar surface area (TPSA) is 25.8 Å². The van der Waals surface area contributed by atoms with Gasteiger partial charge in [-0.1, -0.05) is 157 Å². The van der Waals surface area contributed by atoms with Crippen molar-refractivity contribution in [3.05, 3.63) is 197 Å². The number of hydrogen-bond donors (Lipinski definition) is 0. The van der Waals surface area contributed by atoms with Crippen molar-refractivity contribution in [3.63, 3.8) is 0 Å². The van der Waals surface area contributed by atoms with Crippen LogP contribution in [0, 0.1) is 0 Å². The Morgan fingerprint density at radius 3 is 1.70 bits per heavy atom. The molecule has 1 heterocycles. The Bertz CT molecular complexity index is 2520. The molecule has 2 nitrogen and oxygen atoms in total. The normalized spacial score (nSPS) is 16.4. The van der Waals surface area contributed by atoms with Gasteiger partial charge in [0.15, 0.2) is 5.82 Å². The van der Waals surface area contributed by atoms with Crippen molar-refractivity contribution in [2.45, 2.75) is 25.7 Å². The fourth-order valence-electron chi connectivity index (χ4n) is 9.03. The lowest BCUT2D eigenvalue weighted by Crippen LogP contribution is -2.26. The maximum absolute atomic E-state index is 5.31. The highest BCUT2D eigenvalue weighted by Crippen LogP contribution is 2.65. The molecule has 6 aromatic carbocycles. The molecule has 236 valence electrons. The van der Waals surface area contributed by atoms with Crippen molar-refractivity contribution < 1.29 is 0 Å². The zero-order valence-corrected chi connectivity index (χ0v) is 28.1. The Morgan fingerprint density at radius 1 is 0.520 bits per heavy atom. The third kappa shape index (κ3) is 3.90. The van der Waals surface area contributed by atoms with E-state index in [1.54, 1.807) is 0 Å². The lowest BCUT2D eigenvalue weighted by atomic mass is 9.70. The Morgan fingerprint density at radius 2 is 1.06 bits per heavy atom. The largest absolute Gasteiger partial charge is 0.228 e. The van der Waals surface area contributed by atoms with Crippen molar-refractivity contribution in [1.82, 2.24) is 9.97 Å². The molecular weight excluding hydrogens is 605 g/mol. The van der Waals surface area contributed by atoms with Gasteiger partial charge < -0.3 is 0 Å². The van der Waals surface area contributed by atoms with Crippen LogP contribution in [0.1, 0.15) is 47.2 Å². The summed E-state index contributed by atoms with van der Waals surface area (Å²) in [5.41, 5.74) is 20.7. The van der Waals surface area contributed by atoms with Crippen molar-refractivity contribution in [1.29, 1.82) is 0 Å². The summed E-state index contributed by atoms with van der Waals surface area (Å²) in [7, 11) is 0. The zero-order chi connectivity index (χ0) is 33.4. The molecule has 1 atom stereocenters. The van der Waals surface area contributed by atoms with Gasteiger partial charge in [-0.05, 0) is 87.5 Å². The van der Waals surface area contributed by atoms with Crippen molar-refractivity contribution in [2.75, 3.05) is 0 Å². The Kier molecular flexibility index (Phi) is 6.32. The highest BCUT2D eigenvalue weighted by molar-refractivity contribution is 6.03. The van der Waals surface area contributed by atoms with Crippen molar-refractivity contribution in [2.24, 2.45) is 0 Å². The van der Waals surface area contributed by atoms with Gasteiger partial charge in [-0.3, -0.25) is 0 Å². The molecule has 0 saturated heterocycles. The molecule has 7 aromatic rings. The average Bonchev–Trinajstić information content (AvgIpc) is 3.78. The lowest BCUT2D eigenvalue weighted by molar-refractivity contribution is 0.793. The second-order valence-electron chi connectivity index (χ2n) is 13.7. The Hall–Kier alpha value is -6.12. The van der Waals surface area contributed by atoms with Gasteiger partial charge in [0.05, 0.1) is 16.8 Å². The van der Waals surface area contributed by atoms with Crippen LogP contribution in [0.4, 0.5) is 0 Å². The molecule has 0 fully saturated rings. The van der Waals surface area contributed by atoms with Crippen molar-refractivity contribution in [3.8, 4) is 56.2 Å². The molecule has 0 aliphatic heterocycles. The van der Waals surface area contributed by atoms with Crippen LogP contribution in [0.2, 0.25) is 0 Å². The van der Waals surface area contributed by atoms with Gasteiger partial charge >= 0.3 is 0 Å². The first-order chi connectivity index (χ1) is 24.7. The summed E-state index contributed by atoms with van der Waals surface area (Å²) in [6.07, 6.45) is 5.49. The molecule has 1 unspecified atom stereocenters. The number of benzene rings is 6. The SMILES string of the molecule is C/C=C\C1=C(C)Cc2ccc3c(c21)-c1ccccc1C31c2ccccc2-c2c(-c3nc(-c4ccccc4)cc(-c4ccccc4)n3)cccc21. The number of aromatic nitrogens is 2. The van der Waals surface area contributed by atoms with Crippen LogP contribution in [0.5, 0.6) is 0 Å². The highest BCUT2D eigenvalue weighted by Gasteiger charge is 2.53. The molecule has 0 N–H and O–H groups in total. The molecule has 0 amide bonds. The maximum atomic E-state index is 5.31. The van der Waals surface area contributed by atoms with E-state index in [2.05, 4.69) is 172 Å². The fraction of sp³-hybridized carbons (Fsp3) is 0.0833. The van der Waals surface area contributed by atoms with Gasteiger partial charge in [0.2, 0.25) is 0 Å². The van der Waals surface area contributed by atoms with Crippen LogP contribution in [0.25, 0.3) is 61.7 Å². The monoisotopic (exact) mass is 638 g/mol. The molecule has 1 spiro atoms. The van der Waals surface area contributed by atoms with Crippen LogP contribution >= 0.6 is 0 Å². The van der Waals surface area contributed by atoms with Crippen LogP contribution in [-0.2, 0) is 11.8 Å². The second kappa shape index (κ2) is 10.9. The summed E-state index contributed by atoms with van der Waals surface area (Å²) in [5, 5.41) is 0. The van der Waals surface area contributed by atoms with E-state index in [0.29, 0.717) is 0 Å². The second-order valence-corrected chi connectivity index (χ2v) is 13.7. The smallest absolute Gasteiger partial charge is 0.161 e. The third-order valence-corrected chi connectivity index (χ3v) is 11.0. The summed E-state index contributed by atoms with van der Waals surface area (Å²) in [6, 6.07) is 52.8. The first-order valence-electron chi connectivity index (χ1n) is 17.5. The van der Waals surface area contributed by atoms with Gasteiger partial charge in [0.1, 0.15) is 0 Å². The Labute approximate surface area is 293 Å². The van der Waals surface area contributed by atoms with Gasteiger partial charge in [-0.25, -0.2) is 9.97 Å². The minimum atomic E-state index is -0.459. The summed E-state index contributed by atoms with van der Waals surface area (Å²) in [4.78, 5) is 10.6. The summed E-state index contributed by atoms with van der Waals surface area (Å²) < 4.78 is 0. The standard InChI is InChI=1S/C48H34N2/c1-3-15-34-30(2)28-33-26-27-41-46(44(33)34)36-21-11-13-24-39(36)48(41)38-23-12-10-20-35(38)45-37(22-14-25-40(45)48)47-49-42(31-16-6-4-7-17-31)29-43(50-47)32-18-8-5-9-19-32/h3-27,29H,28H2,1-2H3/b15-3-. The molecule has 3 aliphatic carbocycles. The molecule has 50 heavy (non-hydrogen) atoms. The fourth-order valence-corrected chi connectivity index (χ4v) is 9.03. The van der Waals surface area contributed by atoms with E-state index in [-0.39, 0.29) is 0 Å². The van der Waals surface area contributed by atoms with Crippen LogP contribution in [0.15, 0.2) is 163 Å². The molecule has 3 aliphatic rings. The summed E-state index contributed by atoms with van der Waals surface area (Å²) >= 11 is 0. The minimum Gasteiger partial charge on any atom is -0.228 e. The van der Waals surface area contributed by atoms with Gasteiger partial charge in [-0.2, -0.15) is 0 Å². The van der Waals surface area contributed by atoms with Gasteiger partial charge in [-0.15, -0.1) is 0 Å². The van der Waals surface area contributed by atoms with Gasteiger partial charge in [0, 0.05) is 16.7 Å². The van der Waals surface area contributed by atoms with E-state index in [0.717, 1.165) is 40.3 Å². The number of rotatable bonds is 4. The quantitative estimate of drug-likeness (QED) is 0.192. The lowest BCUT2D eigenvalue weighted by Gasteiger charge is -2.30.